The third-order valence-corrected chi connectivity index (χ3v) is 5.72. The lowest BCUT2D eigenvalue weighted by molar-refractivity contribution is 0.176. The molecule has 4 nitrogen and oxygen atoms in total. The van der Waals surface area contributed by atoms with Gasteiger partial charge in [0.05, 0.1) is 4.70 Å². The van der Waals surface area contributed by atoms with Crippen LogP contribution in [0.25, 0.3) is 10.1 Å². The number of fused-ring (bicyclic) bond motifs is 1. The smallest absolute Gasteiger partial charge is 0.150 e. The molecule has 5 heteroatoms. The summed E-state index contributed by atoms with van der Waals surface area (Å²) in [6.45, 7) is 7.66. The third kappa shape index (κ3) is 2.98. The lowest BCUT2D eigenvalue weighted by atomic mass is 10.0. The van der Waals surface area contributed by atoms with Crippen LogP contribution in [-0.4, -0.2) is 55.2 Å². The van der Waals surface area contributed by atoms with Crippen molar-refractivity contribution in [3.05, 3.63) is 24.3 Å². The average Bonchev–Trinajstić information content (AvgIpc) is 3.23. The van der Waals surface area contributed by atoms with Gasteiger partial charge in [0, 0.05) is 44.8 Å². The van der Waals surface area contributed by atoms with E-state index in [4.69, 9.17) is 4.74 Å². The molecule has 118 valence electrons. The van der Waals surface area contributed by atoms with E-state index in [9.17, 15) is 0 Å². The summed E-state index contributed by atoms with van der Waals surface area (Å²) in [4.78, 5) is 5.05. The first-order valence-electron chi connectivity index (χ1n) is 8.29. The first kappa shape index (κ1) is 14.4. The Balaban J connectivity index is 1.33. The molecule has 0 bridgehead atoms. The molecule has 0 N–H and O–H groups in total. The van der Waals surface area contributed by atoms with Crippen molar-refractivity contribution in [2.75, 3.05) is 50.8 Å². The minimum Gasteiger partial charge on any atom is -0.381 e. The molecule has 0 amide bonds. The largest absolute Gasteiger partial charge is 0.381 e. The van der Waals surface area contributed by atoms with Crippen LogP contribution in [-0.2, 0) is 4.74 Å². The predicted octanol–water partition coefficient (Wildman–Crippen LogP) is 2.84. The van der Waals surface area contributed by atoms with Gasteiger partial charge >= 0.3 is 0 Å². The third-order valence-electron chi connectivity index (χ3n) is 4.91. The Morgan fingerprint density at radius 3 is 2.86 bits per heavy atom. The Bertz CT molecular complexity index is 615. The molecule has 2 saturated heterocycles. The van der Waals surface area contributed by atoms with Gasteiger partial charge in [0.2, 0.25) is 0 Å². The van der Waals surface area contributed by atoms with Gasteiger partial charge in [-0.1, -0.05) is 12.1 Å². The van der Waals surface area contributed by atoms with Gasteiger partial charge in [-0.05, 0) is 49.0 Å². The second kappa shape index (κ2) is 6.52. The molecule has 2 aromatic rings. The number of anilines is 1. The van der Waals surface area contributed by atoms with E-state index in [1.54, 1.807) is 11.5 Å². The van der Waals surface area contributed by atoms with Crippen molar-refractivity contribution >= 4 is 27.4 Å². The number of hydrogen-bond acceptors (Lipinski definition) is 5. The van der Waals surface area contributed by atoms with Crippen molar-refractivity contribution in [1.29, 1.82) is 0 Å². The number of benzene rings is 1. The van der Waals surface area contributed by atoms with Crippen LogP contribution in [0, 0.1) is 5.92 Å². The highest BCUT2D eigenvalue weighted by Gasteiger charge is 2.22. The van der Waals surface area contributed by atoms with Crippen molar-refractivity contribution in [3.63, 3.8) is 0 Å². The van der Waals surface area contributed by atoms with Crippen LogP contribution in [0.2, 0.25) is 0 Å². The molecule has 0 unspecified atom stereocenters. The standard InChI is InChI=1S/C17H23N3OS/c1-2-4-16-15(3-1)17(18-22-16)20-10-8-19(9-11-20)7-5-14-6-12-21-13-14/h1-4,14H,5-13H2/t14-/m0/s1. The quantitative estimate of drug-likeness (QED) is 0.867. The summed E-state index contributed by atoms with van der Waals surface area (Å²) in [5.41, 5.74) is 0. The van der Waals surface area contributed by atoms with Crippen molar-refractivity contribution in [2.45, 2.75) is 12.8 Å². The molecule has 1 atom stereocenters. The van der Waals surface area contributed by atoms with E-state index in [1.807, 2.05) is 0 Å². The topological polar surface area (TPSA) is 28.6 Å². The van der Waals surface area contributed by atoms with Crippen molar-refractivity contribution in [2.24, 2.45) is 5.92 Å². The van der Waals surface area contributed by atoms with Gasteiger partial charge in [-0.3, -0.25) is 4.90 Å². The Kier molecular flexibility index (Phi) is 4.28. The molecule has 3 heterocycles. The number of piperazine rings is 1. The molecule has 0 radical (unpaired) electrons. The van der Waals surface area contributed by atoms with Gasteiger partial charge in [-0.15, -0.1) is 0 Å². The van der Waals surface area contributed by atoms with Gasteiger partial charge in [0.15, 0.2) is 0 Å². The van der Waals surface area contributed by atoms with E-state index < -0.39 is 0 Å². The zero-order valence-electron chi connectivity index (χ0n) is 12.9. The van der Waals surface area contributed by atoms with Crippen LogP contribution in [0.4, 0.5) is 5.82 Å². The molecule has 2 aliphatic heterocycles. The minimum atomic E-state index is 0.792. The average molecular weight is 317 g/mol. The molecule has 0 spiro atoms. The van der Waals surface area contributed by atoms with Gasteiger partial charge in [0.1, 0.15) is 5.82 Å². The number of rotatable bonds is 4. The van der Waals surface area contributed by atoms with E-state index in [0.717, 1.165) is 45.3 Å². The lowest BCUT2D eigenvalue weighted by Gasteiger charge is -2.35. The summed E-state index contributed by atoms with van der Waals surface area (Å²) in [6, 6.07) is 8.56. The monoisotopic (exact) mass is 317 g/mol. The second-order valence-corrected chi connectivity index (χ2v) is 7.15. The fraction of sp³-hybridized carbons (Fsp3) is 0.588. The summed E-state index contributed by atoms with van der Waals surface area (Å²) >= 11 is 1.62. The van der Waals surface area contributed by atoms with Crippen LogP contribution in [0.5, 0.6) is 0 Å². The fourth-order valence-corrected chi connectivity index (χ4v) is 4.26. The van der Waals surface area contributed by atoms with Crippen molar-refractivity contribution < 1.29 is 4.74 Å². The first-order valence-corrected chi connectivity index (χ1v) is 9.07. The van der Waals surface area contributed by atoms with Gasteiger partial charge in [0.25, 0.3) is 0 Å². The molecule has 0 aliphatic carbocycles. The zero-order chi connectivity index (χ0) is 14.8. The molecule has 1 aromatic heterocycles. The SMILES string of the molecule is c1ccc2c(N3CCN(CC[C@H]4CCOC4)CC3)nsc2c1. The Hall–Kier alpha value is -1.17. The van der Waals surface area contributed by atoms with E-state index in [2.05, 4.69) is 38.4 Å². The lowest BCUT2D eigenvalue weighted by Crippen LogP contribution is -2.47. The van der Waals surface area contributed by atoms with Crippen LogP contribution < -0.4 is 4.90 Å². The predicted molar refractivity (Wildman–Crippen MR) is 91.8 cm³/mol. The van der Waals surface area contributed by atoms with Crippen molar-refractivity contribution in [1.82, 2.24) is 9.27 Å². The molecule has 2 fully saturated rings. The summed E-state index contributed by atoms with van der Waals surface area (Å²) in [5.74, 6) is 1.98. The highest BCUT2D eigenvalue weighted by Crippen LogP contribution is 2.29. The van der Waals surface area contributed by atoms with Crippen molar-refractivity contribution in [3.8, 4) is 0 Å². The summed E-state index contributed by atoms with van der Waals surface area (Å²) in [7, 11) is 0. The fourth-order valence-electron chi connectivity index (χ4n) is 3.46. The maximum Gasteiger partial charge on any atom is 0.150 e. The number of hydrogen-bond donors (Lipinski definition) is 0. The molecule has 0 saturated carbocycles. The van der Waals surface area contributed by atoms with Gasteiger partial charge in [-0.25, -0.2) is 0 Å². The van der Waals surface area contributed by atoms with Crippen LogP contribution in [0.15, 0.2) is 24.3 Å². The highest BCUT2D eigenvalue weighted by atomic mass is 32.1. The van der Waals surface area contributed by atoms with E-state index in [-0.39, 0.29) is 0 Å². The minimum absolute atomic E-state index is 0.792. The Morgan fingerprint density at radius 2 is 2.05 bits per heavy atom. The summed E-state index contributed by atoms with van der Waals surface area (Å²) in [5, 5.41) is 1.31. The second-order valence-electron chi connectivity index (χ2n) is 6.35. The molecular weight excluding hydrogens is 294 g/mol. The highest BCUT2D eigenvalue weighted by molar-refractivity contribution is 7.13. The molecule has 22 heavy (non-hydrogen) atoms. The Labute approximate surface area is 135 Å². The molecule has 1 aromatic carbocycles. The van der Waals surface area contributed by atoms with Gasteiger partial charge < -0.3 is 9.64 Å². The van der Waals surface area contributed by atoms with Crippen LogP contribution in [0.1, 0.15) is 12.8 Å². The van der Waals surface area contributed by atoms with Crippen LogP contribution >= 0.6 is 11.5 Å². The van der Waals surface area contributed by atoms with E-state index in [1.165, 1.54) is 35.3 Å². The van der Waals surface area contributed by atoms with E-state index in [0.29, 0.717) is 0 Å². The number of aromatic nitrogens is 1. The number of ether oxygens (including phenoxy) is 1. The Morgan fingerprint density at radius 1 is 1.18 bits per heavy atom. The first-order chi connectivity index (χ1) is 10.9. The summed E-state index contributed by atoms with van der Waals surface area (Å²) in [6.07, 6.45) is 2.55. The maximum absolute atomic E-state index is 5.47. The summed E-state index contributed by atoms with van der Waals surface area (Å²) < 4.78 is 11.4. The van der Waals surface area contributed by atoms with E-state index >= 15 is 0 Å². The van der Waals surface area contributed by atoms with Gasteiger partial charge in [-0.2, -0.15) is 4.37 Å². The molecule has 4 rings (SSSR count). The normalized spacial score (nSPS) is 23.5. The maximum atomic E-state index is 5.47. The molecular formula is C17H23N3OS. The molecule has 2 aliphatic rings. The zero-order valence-corrected chi connectivity index (χ0v) is 13.7. The number of nitrogens with zero attached hydrogens (tertiary/aromatic N) is 3. The van der Waals surface area contributed by atoms with Crippen LogP contribution in [0.3, 0.4) is 0 Å².